The van der Waals surface area contributed by atoms with Gasteiger partial charge in [0.1, 0.15) is 24.4 Å². The number of aliphatic hydroxyl groups excluding tert-OH is 3. The Bertz CT molecular complexity index is 308. The molecule has 0 aromatic rings. The van der Waals surface area contributed by atoms with Crippen molar-refractivity contribution in [2.24, 2.45) is 0 Å². The van der Waals surface area contributed by atoms with E-state index < -0.39 is 24.4 Å². The van der Waals surface area contributed by atoms with E-state index in [0.717, 1.165) is 19.3 Å². The molecule has 1 saturated heterocycles. The normalized spacial score (nSPS) is 26.2. The van der Waals surface area contributed by atoms with E-state index in [2.05, 4.69) is 19.1 Å². The SMILES string of the molecule is CC/C=C/CCCCCCCCOC[C@H](O)[C@H]1OC[C@@H](O)[C@H]1O. The highest BCUT2D eigenvalue weighted by Gasteiger charge is 2.39. The molecule has 1 aliphatic heterocycles. The van der Waals surface area contributed by atoms with E-state index in [0.29, 0.717) is 6.61 Å². The van der Waals surface area contributed by atoms with Gasteiger partial charge in [0.25, 0.3) is 0 Å². The molecule has 5 heteroatoms. The first-order chi connectivity index (χ1) is 11.2. The van der Waals surface area contributed by atoms with E-state index in [4.69, 9.17) is 9.47 Å². The van der Waals surface area contributed by atoms with Gasteiger partial charge in [-0.2, -0.15) is 0 Å². The highest BCUT2D eigenvalue weighted by Crippen LogP contribution is 2.18. The molecular formula is C18H34O5. The summed E-state index contributed by atoms with van der Waals surface area (Å²) in [4.78, 5) is 0. The molecule has 0 aliphatic carbocycles. The Morgan fingerprint density at radius 2 is 1.78 bits per heavy atom. The standard InChI is InChI=1S/C18H34O5/c1-2-3-4-5-6-7-8-9-10-11-12-22-13-16(20)18-17(21)15(19)14-23-18/h3-4,15-21H,2,5-14H2,1H3/b4-3+/t15-,16+,17-,18-/m1/s1. The van der Waals surface area contributed by atoms with Crippen molar-refractivity contribution in [2.45, 2.75) is 82.7 Å². The number of hydrogen-bond acceptors (Lipinski definition) is 5. The molecule has 0 bridgehead atoms. The molecule has 0 aromatic heterocycles. The molecule has 0 aromatic carbocycles. The topological polar surface area (TPSA) is 79.2 Å². The highest BCUT2D eigenvalue weighted by molar-refractivity contribution is 4.87. The summed E-state index contributed by atoms with van der Waals surface area (Å²) in [6.45, 7) is 2.97. The lowest BCUT2D eigenvalue weighted by Gasteiger charge is -2.20. The number of aliphatic hydroxyl groups is 3. The van der Waals surface area contributed by atoms with Gasteiger partial charge in [0.05, 0.1) is 13.2 Å². The van der Waals surface area contributed by atoms with Crippen LogP contribution in [0.2, 0.25) is 0 Å². The van der Waals surface area contributed by atoms with Gasteiger partial charge in [0.15, 0.2) is 0 Å². The third kappa shape index (κ3) is 8.82. The van der Waals surface area contributed by atoms with E-state index in [1.807, 2.05) is 0 Å². The molecule has 0 spiro atoms. The molecule has 1 rings (SSSR count). The fourth-order valence-corrected chi connectivity index (χ4v) is 2.72. The van der Waals surface area contributed by atoms with Crippen LogP contribution in [0, 0.1) is 0 Å². The molecule has 3 N–H and O–H groups in total. The van der Waals surface area contributed by atoms with Gasteiger partial charge in [-0.25, -0.2) is 0 Å². The van der Waals surface area contributed by atoms with Crippen LogP contribution in [0.5, 0.6) is 0 Å². The smallest absolute Gasteiger partial charge is 0.114 e. The van der Waals surface area contributed by atoms with Crippen molar-refractivity contribution < 1.29 is 24.8 Å². The molecule has 1 heterocycles. The molecule has 4 atom stereocenters. The summed E-state index contributed by atoms with van der Waals surface area (Å²) >= 11 is 0. The molecule has 1 aliphatic rings. The van der Waals surface area contributed by atoms with E-state index in [-0.39, 0.29) is 13.2 Å². The number of ether oxygens (including phenoxy) is 2. The minimum absolute atomic E-state index is 0.0666. The summed E-state index contributed by atoms with van der Waals surface area (Å²) in [5, 5.41) is 28.9. The van der Waals surface area contributed by atoms with Crippen molar-refractivity contribution >= 4 is 0 Å². The van der Waals surface area contributed by atoms with Crippen LogP contribution in [0.25, 0.3) is 0 Å². The van der Waals surface area contributed by atoms with Gasteiger partial charge >= 0.3 is 0 Å². The van der Waals surface area contributed by atoms with E-state index in [1.165, 1.54) is 32.1 Å². The lowest BCUT2D eigenvalue weighted by atomic mass is 10.1. The third-order valence-corrected chi connectivity index (χ3v) is 4.17. The Hall–Kier alpha value is -0.460. The van der Waals surface area contributed by atoms with Crippen molar-refractivity contribution in [1.82, 2.24) is 0 Å². The minimum Gasteiger partial charge on any atom is -0.388 e. The van der Waals surface area contributed by atoms with Crippen LogP contribution in [0.3, 0.4) is 0 Å². The Labute approximate surface area is 140 Å². The molecule has 136 valence electrons. The zero-order valence-electron chi connectivity index (χ0n) is 14.4. The predicted octanol–water partition coefficient (Wildman–Crippen LogP) is 2.18. The molecule has 0 amide bonds. The van der Waals surface area contributed by atoms with Crippen molar-refractivity contribution in [2.75, 3.05) is 19.8 Å². The zero-order valence-corrected chi connectivity index (χ0v) is 14.4. The molecular weight excluding hydrogens is 296 g/mol. The quantitative estimate of drug-likeness (QED) is 0.356. The lowest BCUT2D eigenvalue weighted by Crippen LogP contribution is -2.40. The average molecular weight is 330 g/mol. The minimum atomic E-state index is -1.03. The number of allylic oxidation sites excluding steroid dienone is 2. The van der Waals surface area contributed by atoms with Crippen LogP contribution < -0.4 is 0 Å². The van der Waals surface area contributed by atoms with Crippen molar-refractivity contribution in [1.29, 1.82) is 0 Å². The average Bonchev–Trinajstić information content (AvgIpc) is 2.88. The number of rotatable bonds is 13. The van der Waals surface area contributed by atoms with Gasteiger partial charge in [-0.3, -0.25) is 0 Å². The Balaban J connectivity index is 1.87. The van der Waals surface area contributed by atoms with Crippen LogP contribution in [0.4, 0.5) is 0 Å². The lowest BCUT2D eigenvalue weighted by molar-refractivity contribution is -0.0813. The van der Waals surface area contributed by atoms with Gasteiger partial charge in [0, 0.05) is 6.61 Å². The molecule has 0 unspecified atom stereocenters. The zero-order chi connectivity index (χ0) is 16.9. The largest absolute Gasteiger partial charge is 0.388 e. The second-order valence-corrected chi connectivity index (χ2v) is 6.29. The van der Waals surface area contributed by atoms with Gasteiger partial charge < -0.3 is 24.8 Å². The Kier molecular flexibility index (Phi) is 11.5. The summed E-state index contributed by atoms with van der Waals surface area (Å²) in [6.07, 6.45) is 10.4. The summed E-state index contributed by atoms with van der Waals surface area (Å²) < 4.78 is 10.6. The molecule has 23 heavy (non-hydrogen) atoms. The summed E-state index contributed by atoms with van der Waals surface area (Å²) in [7, 11) is 0. The van der Waals surface area contributed by atoms with Crippen molar-refractivity contribution in [3.63, 3.8) is 0 Å². The molecule has 0 radical (unpaired) electrons. The number of hydrogen-bond donors (Lipinski definition) is 3. The van der Waals surface area contributed by atoms with Crippen LogP contribution in [0.1, 0.15) is 58.3 Å². The van der Waals surface area contributed by atoms with Crippen LogP contribution in [0.15, 0.2) is 12.2 Å². The maximum Gasteiger partial charge on any atom is 0.114 e. The van der Waals surface area contributed by atoms with E-state index in [1.54, 1.807) is 0 Å². The summed E-state index contributed by atoms with van der Waals surface area (Å²) in [6, 6.07) is 0. The van der Waals surface area contributed by atoms with E-state index >= 15 is 0 Å². The highest BCUT2D eigenvalue weighted by atomic mass is 16.5. The first kappa shape index (κ1) is 20.6. The molecule has 5 nitrogen and oxygen atoms in total. The fourth-order valence-electron chi connectivity index (χ4n) is 2.72. The Morgan fingerprint density at radius 3 is 2.43 bits per heavy atom. The fraction of sp³-hybridized carbons (Fsp3) is 0.889. The molecule has 1 fully saturated rings. The van der Waals surface area contributed by atoms with Gasteiger partial charge in [-0.05, 0) is 25.7 Å². The van der Waals surface area contributed by atoms with Crippen LogP contribution >= 0.6 is 0 Å². The van der Waals surface area contributed by atoms with E-state index in [9.17, 15) is 15.3 Å². The maximum absolute atomic E-state index is 9.87. The van der Waals surface area contributed by atoms with Crippen LogP contribution in [-0.2, 0) is 9.47 Å². The monoisotopic (exact) mass is 330 g/mol. The van der Waals surface area contributed by atoms with Crippen molar-refractivity contribution in [3.05, 3.63) is 12.2 Å². The second kappa shape index (κ2) is 12.9. The number of unbranched alkanes of at least 4 members (excludes halogenated alkanes) is 6. The first-order valence-electron chi connectivity index (χ1n) is 9.05. The van der Waals surface area contributed by atoms with Gasteiger partial charge in [-0.15, -0.1) is 0 Å². The maximum atomic E-state index is 9.87. The second-order valence-electron chi connectivity index (χ2n) is 6.29. The first-order valence-corrected chi connectivity index (χ1v) is 9.05. The van der Waals surface area contributed by atoms with Gasteiger partial charge in [0.2, 0.25) is 0 Å². The van der Waals surface area contributed by atoms with Gasteiger partial charge in [-0.1, -0.05) is 44.8 Å². The third-order valence-electron chi connectivity index (χ3n) is 4.17. The van der Waals surface area contributed by atoms with Crippen molar-refractivity contribution in [3.8, 4) is 0 Å². The predicted molar refractivity (Wildman–Crippen MR) is 90.3 cm³/mol. The molecule has 0 saturated carbocycles. The summed E-state index contributed by atoms with van der Waals surface area (Å²) in [5.74, 6) is 0. The summed E-state index contributed by atoms with van der Waals surface area (Å²) in [5.41, 5.74) is 0. The Morgan fingerprint density at radius 1 is 1.09 bits per heavy atom. The van der Waals surface area contributed by atoms with Crippen LogP contribution in [-0.4, -0.2) is 59.6 Å².